The van der Waals surface area contributed by atoms with Crippen molar-refractivity contribution in [2.75, 3.05) is 25.4 Å². The highest BCUT2D eigenvalue weighted by Gasteiger charge is 2.37. The number of rotatable bonds is 5. The van der Waals surface area contributed by atoms with Crippen LogP contribution in [0.2, 0.25) is 0 Å². The average Bonchev–Trinajstić information content (AvgIpc) is 2.78. The summed E-state index contributed by atoms with van der Waals surface area (Å²) in [6.45, 7) is 8.84. The minimum Gasteiger partial charge on any atom is -0.478 e. The number of hydrogen-bond donors (Lipinski definition) is 1. The molecule has 8 nitrogen and oxygen atoms in total. The van der Waals surface area contributed by atoms with Gasteiger partial charge in [0.2, 0.25) is 5.95 Å². The molecule has 1 aromatic carbocycles. The number of ether oxygens (including phenoxy) is 2. The summed E-state index contributed by atoms with van der Waals surface area (Å²) in [6, 6.07) is 11.6. The molecule has 0 bridgehead atoms. The van der Waals surface area contributed by atoms with Gasteiger partial charge in [-0.2, -0.15) is 0 Å². The molecule has 1 aliphatic rings. The molecule has 33 heavy (non-hydrogen) atoms. The Morgan fingerprint density at radius 3 is 2.64 bits per heavy atom. The second-order valence-electron chi connectivity index (χ2n) is 8.79. The summed E-state index contributed by atoms with van der Waals surface area (Å²) in [5, 5.41) is 0. The Bertz CT molecular complexity index is 1150. The normalized spacial score (nSPS) is 16.5. The summed E-state index contributed by atoms with van der Waals surface area (Å²) < 4.78 is 12.1. The quantitative estimate of drug-likeness (QED) is 0.638. The molecule has 1 atom stereocenters. The molecule has 0 aliphatic carbocycles. The van der Waals surface area contributed by atoms with Crippen molar-refractivity contribution in [2.24, 2.45) is 0 Å². The molecule has 2 aromatic heterocycles. The fraction of sp³-hybridized carbons (Fsp3) is 0.360. The van der Waals surface area contributed by atoms with Gasteiger partial charge in [-0.1, -0.05) is 12.1 Å². The molecule has 1 saturated heterocycles. The predicted molar refractivity (Wildman–Crippen MR) is 126 cm³/mol. The maximum absolute atomic E-state index is 13.4. The third-order valence-electron chi connectivity index (χ3n) is 5.54. The standard InChI is InChI=1S/C25H29N5O3/c1-16-6-5-7-20(10-16)33-25(3,4)23(31)30-8-9-32-22(15-30)21-12-18(11-17(2)29-21)19-13-27-24(26)28-14-19/h5-7,10-14,22H,8-9,15H2,1-4H3,(H2,26,27,28)/t22-/m0/s1. The molecular formula is C25H29N5O3. The summed E-state index contributed by atoms with van der Waals surface area (Å²) >= 11 is 0. The van der Waals surface area contributed by atoms with E-state index in [2.05, 4.69) is 15.0 Å². The third-order valence-corrected chi connectivity index (χ3v) is 5.54. The summed E-state index contributed by atoms with van der Waals surface area (Å²) in [7, 11) is 0. The molecule has 1 amide bonds. The fourth-order valence-electron chi connectivity index (χ4n) is 3.92. The third kappa shape index (κ3) is 5.28. The molecule has 3 aromatic rings. The van der Waals surface area contributed by atoms with Crippen molar-refractivity contribution >= 4 is 11.9 Å². The van der Waals surface area contributed by atoms with Crippen LogP contribution in [0.25, 0.3) is 11.1 Å². The highest BCUT2D eigenvalue weighted by molar-refractivity contribution is 5.85. The average molecular weight is 448 g/mol. The number of hydrogen-bond acceptors (Lipinski definition) is 7. The second kappa shape index (κ2) is 9.15. The highest BCUT2D eigenvalue weighted by atomic mass is 16.5. The zero-order chi connectivity index (χ0) is 23.6. The van der Waals surface area contributed by atoms with Crippen molar-refractivity contribution in [3.8, 4) is 16.9 Å². The van der Waals surface area contributed by atoms with Crippen LogP contribution in [0.15, 0.2) is 48.8 Å². The van der Waals surface area contributed by atoms with E-state index in [0.717, 1.165) is 28.1 Å². The van der Waals surface area contributed by atoms with Crippen LogP contribution in [-0.2, 0) is 9.53 Å². The first-order valence-corrected chi connectivity index (χ1v) is 10.9. The van der Waals surface area contributed by atoms with Gasteiger partial charge < -0.3 is 20.1 Å². The van der Waals surface area contributed by atoms with Gasteiger partial charge in [-0.25, -0.2) is 9.97 Å². The minimum atomic E-state index is -1.01. The monoisotopic (exact) mass is 447 g/mol. The Morgan fingerprint density at radius 2 is 1.91 bits per heavy atom. The molecule has 1 aliphatic heterocycles. The lowest BCUT2D eigenvalue weighted by Gasteiger charge is -2.37. The SMILES string of the molecule is Cc1cccc(OC(C)(C)C(=O)N2CCO[C@H](c3cc(-c4cnc(N)nc4)cc(C)n3)C2)c1. The van der Waals surface area contributed by atoms with Gasteiger partial charge in [-0.15, -0.1) is 0 Å². The molecule has 0 spiro atoms. The maximum atomic E-state index is 13.4. The largest absolute Gasteiger partial charge is 0.478 e. The molecule has 172 valence electrons. The zero-order valence-electron chi connectivity index (χ0n) is 19.4. The maximum Gasteiger partial charge on any atom is 0.266 e. The topological polar surface area (TPSA) is 103 Å². The highest BCUT2D eigenvalue weighted by Crippen LogP contribution is 2.28. The van der Waals surface area contributed by atoms with Crippen LogP contribution in [0, 0.1) is 13.8 Å². The summed E-state index contributed by atoms with van der Waals surface area (Å²) in [6.07, 6.45) is 3.03. The first-order chi connectivity index (χ1) is 15.7. The van der Waals surface area contributed by atoms with E-state index in [1.54, 1.807) is 31.1 Å². The van der Waals surface area contributed by atoms with Gasteiger partial charge in [0.05, 0.1) is 18.8 Å². The van der Waals surface area contributed by atoms with Crippen LogP contribution in [0.5, 0.6) is 5.75 Å². The van der Waals surface area contributed by atoms with Crippen LogP contribution >= 0.6 is 0 Å². The first kappa shape index (κ1) is 22.7. The van der Waals surface area contributed by atoms with Crippen molar-refractivity contribution < 1.29 is 14.3 Å². The number of carbonyl (C=O) groups is 1. The Morgan fingerprint density at radius 1 is 1.15 bits per heavy atom. The van der Waals surface area contributed by atoms with Gasteiger partial charge in [0.1, 0.15) is 11.9 Å². The Hall–Kier alpha value is -3.52. The van der Waals surface area contributed by atoms with Crippen molar-refractivity contribution in [3.05, 3.63) is 65.7 Å². The predicted octanol–water partition coefficient (Wildman–Crippen LogP) is 3.50. The molecule has 3 heterocycles. The summed E-state index contributed by atoms with van der Waals surface area (Å²) in [5.74, 6) is 0.816. The number of nitrogens with two attached hydrogens (primary N) is 1. The van der Waals surface area contributed by atoms with Crippen molar-refractivity contribution in [2.45, 2.75) is 39.4 Å². The number of nitrogens with zero attached hydrogens (tertiary/aromatic N) is 4. The van der Waals surface area contributed by atoms with E-state index in [9.17, 15) is 4.79 Å². The van der Waals surface area contributed by atoms with E-state index in [1.807, 2.05) is 50.2 Å². The number of pyridine rings is 1. The van der Waals surface area contributed by atoms with Gasteiger partial charge in [-0.05, 0) is 63.1 Å². The van der Waals surface area contributed by atoms with Crippen LogP contribution in [-0.4, -0.2) is 51.1 Å². The molecule has 1 fully saturated rings. The fourth-order valence-corrected chi connectivity index (χ4v) is 3.92. The number of aromatic nitrogens is 3. The summed E-state index contributed by atoms with van der Waals surface area (Å²) in [4.78, 5) is 28.0. The van der Waals surface area contributed by atoms with Gasteiger partial charge in [0.15, 0.2) is 5.60 Å². The summed E-state index contributed by atoms with van der Waals surface area (Å²) in [5.41, 5.74) is 9.05. The number of aryl methyl sites for hydroxylation is 2. The van der Waals surface area contributed by atoms with Gasteiger partial charge in [-0.3, -0.25) is 9.78 Å². The number of benzene rings is 1. The Kier molecular flexibility index (Phi) is 6.29. The van der Waals surface area contributed by atoms with E-state index in [0.29, 0.717) is 25.4 Å². The van der Waals surface area contributed by atoms with Gasteiger partial charge in [0.25, 0.3) is 5.91 Å². The molecule has 0 unspecified atom stereocenters. The number of nitrogen functional groups attached to an aromatic ring is 1. The molecular weight excluding hydrogens is 418 g/mol. The van der Waals surface area contributed by atoms with Crippen molar-refractivity contribution in [1.82, 2.24) is 19.9 Å². The molecule has 0 radical (unpaired) electrons. The number of amides is 1. The van der Waals surface area contributed by atoms with Crippen LogP contribution in [0.4, 0.5) is 5.95 Å². The lowest BCUT2D eigenvalue weighted by Crippen LogP contribution is -2.53. The molecule has 2 N–H and O–H groups in total. The van der Waals surface area contributed by atoms with E-state index >= 15 is 0 Å². The lowest BCUT2D eigenvalue weighted by atomic mass is 10.0. The Balaban J connectivity index is 1.52. The molecule has 8 heteroatoms. The number of carbonyl (C=O) groups excluding carboxylic acids is 1. The van der Waals surface area contributed by atoms with Crippen LogP contribution in [0.3, 0.4) is 0 Å². The van der Waals surface area contributed by atoms with Crippen molar-refractivity contribution in [1.29, 1.82) is 0 Å². The number of morpholine rings is 1. The van der Waals surface area contributed by atoms with Crippen LogP contribution in [0.1, 0.15) is 36.9 Å². The van der Waals surface area contributed by atoms with E-state index in [-0.39, 0.29) is 18.0 Å². The van der Waals surface area contributed by atoms with Gasteiger partial charge in [0, 0.05) is 30.2 Å². The van der Waals surface area contributed by atoms with E-state index < -0.39 is 5.60 Å². The smallest absolute Gasteiger partial charge is 0.266 e. The Labute approximate surface area is 193 Å². The van der Waals surface area contributed by atoms with Crippen molar-refractivity contribution in [3.63, 3.8) is 0 Å². The minimum absolute atomic E-state index is 0.0860. The van der Waals surface area contributed by atoms with Crippen LogP contribution < -0.4 is 10.5 Å². The van der Waals surface area contributed by atoms with E-state index in [1.165, 1.54) is 0 Å². The molecule has 0 saturated carbocycles. The second-order valence-corrected chi connectivity index (χ2v) is 8.79. The molecule has 4 rings (SSSR count). The lowest BCUT2D eigenvalue weighted by molar-refractivity contribution is -0.153. The van der Waals surface area contributed by atoms with E-state index in [4.69, 9.17) is 15.2 Å². The zero-order valence-corrected chi connectivity index (χ0v) is 19.4. The first-order valence-electron chi connectivity index (χ1n) is 10.9. The number of anilines is 1. The van der Waals surface area contributed by atoms with Gasteiger partial charge >= 0.3 is 0 Å².